The number of nitrogens with one attached hydrogen (secondary N) is 2. The van der Waals surface area contributed by atoms with E-state index in [1.54, 1.807) is 11.3 Å². The van der Waals surface area contributed by atoms with Gasteiger partial charge in [0.2, 0.25) is 0 Å². The number of hydrogen-bond acceptors (Lipinski definition) is 5. The minimum Gasteiger partial charge on any atom is -0.379 e. The molecule has 0 radical (unpaired) electrons. The molecule has 1 aromatic rings. The maximum absolute atomic E-state index is 7.08. The molecule has 0 spiro atoms. The highest BCUT2D eigenvalue weighted by atomic mass is 32.2. The van der Waals surface area contributed by atoms with Crippen molar-refractivity contribution in [2.45, 2.75) is 11.5 Å². The van der Waals surface area contributed by atoms with Gasteiger partial charge in [0.15, 0.2) is 10.3 Å². The quantitative estimate of drug-likeness (QED) is 0.491. The van der Waals surface area contributed by atoms with Crippen molar-refractivity contribution in [2.24, 2.45) is 11.5 Å². The second-order valence-corrected chi connectivity index (χ2v) is 5.96. The molecule has 1 rings (SSSR count). The van der Waals surface area contributed by atoms with Crippen LogP contribution in [0.4, 0.5) is 0 Å². The van der Waals surface area contributed by atoms with Crippen molar-refractivity contribution in [2.75, 3.05) is 0 Å². The Morgan fingerprint density at radius 1 is 1.07 bits per heavy atom. The Bertz CT molecular complexity index is 328. The smallest absolute Gasteiger partial charge is 0.151 e. The molecular formula is C8H12N4S3. The van der Waals surface area contributed by atoms with Gasteiger partial charge in [-0.15, -0.1) is 11.3 Å². The molecular weight excluding hydrogens is 248 g/mol. The second kappa shape index (κ2) is 6.04. The molecule has 0 atom stereocenters. The summed E-state index contributed by atoms with van der Waals surface area (Å²) < 4.78 is 0. The molecule has 0 aliphatic carbocycles. The van der Waals surface area contributed by atoms with E-state index in [0.717, 1.165) is 11.5 Å². The fourth-order valence-electron chi connectivity index (χ4n) is 0.875. The van der Waals surface area contributed by atoms with E-state index in [-0.39, 0.29) is 10.3 Å². The maximum atomic E-state index is 7.08. The van der Waals surface area contributed by atoms with E-state index < -0.39 is 0 Å². The van der Waals surface area contributed by atoms with E-state index >= 15 is 0 Å². The van der Waals surface area contributed by atoms with Crippen LogP contribution in [-0.2, 0) is 11.5 Å². The Balaban J connectivity index is 2.41. The van der Waals surface area contributed by atoms with Crippen LogP contribution in [0.1, 0.15) is 9.75 Å². The summed E-state index contributed by atoms with van der Waals surface area (Å²) >= 11 is 4.31. The normalized spacial score (nSPS) is 10.1. The van der Waals surface area contributed by atoms with Gasteiger partial charge in [0.05, 0.1) is 0 Å². The van der Waals surface area contributed by atoms with Gasteiger partial charge in [0.1, 0.15) is 0 Å². The first-order valence-corrected chi connectivity index (χ1v) is 6.88. The first kappa shape index (κ1) is 12.4. The molecule has 6 N–H and O–H groups in total. The van der Waals surface area contributed by atoms with Gasteiger partial charge < -0.3 is 11.5 Å². The van der Waals surface area contributed by atoms with Crippen LogP contribution in [0, 0.1) is 10.8 Å². The zero-order chi connectivity index (χ0) is 11.3. The van der Waals surface area contributed by atoms with Crippen LogP contribution in [0.3, 0.4) is 0 Å². The number of thiophene rings is 1. The van der Waals surface area contributed by atoms with Crippen molar-refractivity contribution in [1.82, 2.24) is 0 Å². The Labute approximate surface area is 101 Å². The molecule has 0 fully saturated rings. The molecule has 0 bridgehead atoms. The first-order valence-electron chi connectivity index (χ1n) is 4.09. The van der Waals surface area contributed by atoms with Crippen molar-refractivity contribution in [3.8, 4) is 0 Å². The Morgan fingerprint density at radius 2 is 1.47 bits per heavy atom. The lowest BCUT2D eigenvalue weighted by atomic mass is 10.5. The molecule has 1 aromatic heterocycles. The number of hydrogen-bond donors (Lipinski definition) is 4. The van der Waals surface area contributed by atoms with Crippen molar-refractivity contribution < 1.29 is 0 Å². The largest absolute Gasteiger partial charge is 0.379 e. The highest BCUT2D eigenvalue weighted by Gasteiger charge is 2.02. The molecule has 4 nitrogen and oxygen atoms in total. The second-order valence-electron chi connectivity index (χ2n) is 2.67. The Hall–Kier alpha value is -0.660. The number of nitrogens with two attached hydrogens (primary N) is 2. The van der Waals surface area contributed by atoms with Crippen LogP contribution in [0.5, 0.6) is 0 Å². The Kier molecular flexibility index (Phi) is 5.00. The fraction of sp³-hybridized carbons (Fsp3) is 0.250. The Morgan fingerprint density at radius 3 is 1.80 bits per heavy atom. The van der Waals surface area contributed by atoms with Gasteiger partial charge in [-0.2, -0.15) is 0 Å². The summed E-state index contributed by atoms with van der Waals surface area (Å²) in [4.78, 5) is 2.38. The SMILES string of the molecule is N=C(N)SCc1ccc(CSC(=N)N)s1. The molecule has 0 aliphatic heterocycles. The molecule has 0 amide bonds. The van der Waals surface area contributed by atoms with E-state index in [0.29, 0.717) is 0 Å². The summed E-state index contributed by atoms with van der Waals surface area (Å²) in [6.45, 7) is 0. The summed E-state index contributed by atoms with van der Waals surface area (Å²) in [6, 6.07) is 4.05. The monoisotopic (exact) mass is 260 g/mol. The van der Waals surface area contributed by atoms with Crippen molar-refractivity contribution in [3.63, 3.8) is 0 Å². The molecule has 7 heteroatoms. The zero-order valence-corrected chi connectivity index (χ0v) is 10.4. The van der Waals surface area contributed by atoms with E-state index in [1.165, 1.54) is 33.3 Å². The van der Waals surface area contributed by atoms with Crippen molar-refractivity contribution >= 4 is 45.2 Å². The summed E-state index contributed by atoms with van der Waals surface area (Å²) in [5.74, 6) is 1.48. The van der Waals surface area contributed by atoms with E-state index in [2.05, 4.69) is 0 Å². The summed E-state index contributed by atoms with van der Waals surface area (Å²) in [7, 11) is 0. The third kappa shape index (κ3) is 5.10. The molecule has 0 unspecified atom stereocenters. The van der Waals surface area contributed by atoms with Gasteiger partial charge >= 0.3 is 0 Å². The van der Waals surface area contributed by atoms with Crippen LogP contribution in [-0.4, -0.2) is 10.3 Å². The van der Waals surface area contributed by atoms with Gasteiger partial charge in [0, 0.05) is 21.3 Å². The fourth-order valence-corrected chi connectivity index (χ4v) is 3.10. The van der Waals surface area contributed by atoms with E-state index in [1.807, 2.05) is 12.1 Å². The zero-order valence-electron chi connectivity index (χ0n) is 7.95. The molecule has 15 heavy (non-hydrogen) atoms. The third-order valence-corrected chi connectivity index (χ3v) is 4.44. The molecule has 82 valence electrons. The van der Waals surface area contributed by atoms with E-state index in [9.17, 15) is 0 Å². The predicted molar refractivity (Wildman–Crippen MR) is 70.7 cm³/mol. The predicted octanol–water partition coefficient (Wildman–Crippen LogP) is 2.00. The van der Waals surface area contributed by atoms with Crippen molar-refractivity contribution in [1.29, 1.82) is 10.8 Å². The highest BCUT2D eigenvalue weighted by Crippen LogP contribution is 2.24. The topological polar surface area (TPSA) is 99.7 Å². The molecule has 0 saturated carbocycles. The summed E-state index contributed by atoms with van der Waals surface area (Å²) in [6.07, 6.45) is 0. The highest BCUT2D eigenvalue weighted by molar-refractivity contribution is 8.13. The summed E-state index contributed by atoms with van der Waals surface area (Å²) in [5, 5.41) is 14.5. The molecule has 1 heterocycles. The van der Waals surface area contributed by atoms with Crippen LogP contribution in [0.25, 0.3) is 0 Å². The van der Waals surface area contributed by atoms with Gasteiger partial charge in [-0.1, -0.05) is 23.5 Å². The average molecular weight is 260 g/mol. The van der Waals surface area contributed by atoms with Crippen LogP contribution in [0.2, 0.25) is 0 Å². The lowest BCUT2D eigenvalue weighted by Gasteiger charge is -1.95. The van der Waals surface area contributed by atoms with Crippen LogP contribution >= 0.6 is 34.9 Å². The number of amidine groups is 2. The van der Waals surface area contributed by atoms with Crippen molar-refractivity contribution in [3.05, 3.63) is 21.9 Å². The molecule has 0 saturated heterocycles. The van der Waals surface area contributed by atoms with Crippen LogP contribution in [0.15, 0.2) is 12.1 Å². The van der Waals surface area contributed by atoms with Gasteiger partial charge in [-0.3, -0.25) is 10.8 Å². The first-order chi connectivity index (χ1) is 7.08. The standard InChI is InChI=1S/C8H12N4S3/c9-7(10)13-3-5-1-2-6(15-5)4-14-8(11)12/h1-2H,3-4H2,(H3,9,10)(H3,11,12). The minimum absolute atomic E-state index is 0.142. The van der Waals surface area contributed by atoms with Gasteiger partial charge in [0.25, 0.3) is 0 Å². The third-order valence-electron chi connectivity index (χ3n) is 1.46. The lowest BCUT2D eigenvalue weighted by molar-refractivity contribution is 1.49. The maximum Gasteiger partial charge on any atom is 0.151 e. The average Bonchev–Trinajstić information content (AvgIpc) is 2.59. The molecule has 0 aliphatic rings. The van der Waals surface area contributed by atoms with Gasteiger partial charge in [-0.05, 0) is 12.1 Å². The number of thioether (sulfide) groups is 2. The summed E-state index contributed by atoms with van der Waals surface area (Å²) in [5.41, 5.74) is 10.5. The van der Waals surface area contributed by atoms with Crippen LogP contribution < -0.4 is 11.5 Å². The number of rotatable bonds is 4. The van der Waals surface area contributed by atoms with Gasteiger partial charge in [-0.25, -0.2) is 0 Å². The lowest BCUT2D eigenvalue weighted by Crippen LogP contribution is -2.03. The molecule has 0 aromatic carbocycles. The van der Waals surface area contributed by atoms with E-state index in [4.69, 9.17) is 22.3 Å². The minimum atomic E-state index is 0.142.